The molecular weight excluding hydrogens is 328 g/mol. The van der Waals surface area contributed by atoms with Crippen LogP contribution in [0.3, 0.4) is 0 Å². The number of carbonyl (C=O) groups is 1. The lowest BCUT2D eigenvalue weighted by Gasteiger charge is -2.54. The molecule has 0 amide bonds. The standard InChI is InChI=1S/C22H28O4/c1-21-12-19(23)22(2)15-7-5-14(24-3)10-13(15)4-6-16(22)17(21)11-18-20(21)26-9-8-25-18/h5,7,10,16-18,20H,4,6,8-9,11-12H2,1-3H3/t16-,17-,18?,20?,21-,22+/m0/s1. The van der Waals surface area contributed by atoms with Crippen molar-refractivity contribution in [3.05, 3.63) is 29.3 Å². The molecule has 0 N–H and O–H groups in total. The molecule has 1 aromatic rings. The Bertz CT molecular complexity index is 759. The number of hydrogen-bond donors (Lipinski definition) is 0. The van der Waals surface area contributed by atoms with E-state index in [4.69, 9.17) is 14.2 Å². The van der Waals surface area contributed by atoms with E-state index in [-0.39, 0.29) is 17.6 Å². The molecule has 0 aromatic heterocycles. The zero-order valence-corrected chi connectivity index (χ0v) is 15.9. The molecule has 2 unspecified atom stereocenters. The van der Waals surface area contributed by atoms with Crippen molar-refractivity contribution in [1.29, 1.82) is 0 Å². The third-order valence-electron chi connectivity index (χ3n) is 7.98. The molecule has 0 bridgehead atoms. The number of carbonyl (C=O) groups excluding carboxylic acids is 1. The van der Waals surface area contributed by atoms with Crippen LogP contribution in [0.2, 0.25) is 0 Å². The lowest BCUT2D eigenvalue weighted by atomic mass is 9.48. The van der Waals surface area contributed by atoms with Crippen LogP contribution in [0.5, 0.6) is 5.75 Å². The van der Waals surface area contributed by atoms with Crippen LogP contribution in [0.4, 0.5) is 0 Å². The van der Waals surface area contributed by atoms with Crippen LogP contribution in [-0.2, 0) is 26.1 Å². The molecule has 1 saturated heterocycles. The van der Waals surface area contributed by atoms with Crippen molar-refractivity contribution < 1.29 is 19.0 Å². The van der Waals surface area contributed by atoms with E-state index in [1.165, 1.54) is 11.1 Å². The third-order valence-corrected chi connectivity index (χ3v) is 7.98. The van der Waals surface area contributed by atoms with E-state index >= 15 is 0 Å². The first-order chi connectivity index (χ1) is 12.5. The van der Waals surface area contributed by atoms with Gasteiger partial charge in [0.1, 0.15) is 11.5 Å². The largest absolute Gasteiger partial charge is 0.497 e. The van der Waals surface area contributed by atoms with Gasteiger partial charge in [-0.2, -0.15) is 0 Å². The van der Waals surface area contributed by atoms with E-state index in [2.05, 4.69) is 26.0 Å². The SMILES string of the molecule is COc1ccc2c(c1)CC[C@H]1[C@@H]3CC4OCCOC4[C@@]3(C)CC(=O)[C@]21C. The highest BCUT2D eigenvalue weighted by atomic mass is 16.6. The number of fused-ring (bicyclic) bond motifs is 7. The van der Waals surface area contributed by atoms with Crippen molar-refractivity contribution in [3.8, 4) is 5.75 Å². The summed E-state index contributed by atoms with van der Waals surface area (Å²) in [6, 6.07) is 6.27. The third kappa shape index (κ3) is 2.00. The molecule has 26 heavy (non-hydrogen) atoms. The Morgan fingerprint density at radius 2 is 1.96 bits per heavy atom. The molecule has 6 atom stereocenters. The fraction of sp³-hybridized carbons (Fsp3) is 0.682. The highest BCUT2D eigenvalue weighted by molar-refractivity contribution is 5.92. The Balaban J connectivity index is 1.59. The van der Waals surface area contributed by atoms with Gasteiger partial charge in [-0.1, -0.05) is 13.0 Å². The Labute approximate surface area is 155 Å². The number of aryl methyl sites for hydroxylation is 1. The van der Waals surface area contributed by atoms with Crippen LogP contribution >= 0.6 is 0 Å². The van der Waals surface area contributed by atoms with E-state index in [9.17, 15) is 4.79 Å². The first-order valence-electron chi connectivity index (χ1n) is 9.92. The van der Waals surface area contributed by atoms with Crippen LogP contribution in [0, 0.1) is 17.3 Å². The summed E-state index contributed by atoms with van der Waals surface area (Å²) in [6.45, 7) is 5.80. The smallest absolute Gasteiger partial charge is 0.144 e. The number of rotatable bonds is 1. The Kier molecular flexibility index (Phi) is 3.58. The van der Waals surface area contributed by atoms with Crippen LogP contribution in [0.25, 0.3) is 0 Å². The van der Waals surface area contributed by atoms with Crippen LogP contribution in [-0.4, -0.2) is 38.3 Å². The molecule has 140 valence electrons. The highest BCUT2D eigenvalue weighted by Crippen LogP contribution is 2.63. The molecule has 0 radical (unpaired) electrons. The molecule has 3 fully saturated rings. The molecular formula is C22H28O4. The van der Waals surface area contributed by atoms with Crippen molar-refractivity contribution in [2.45, 2.75) is 57.2 Å². The predicted molar refractivity (Wildman–Crippen MR) is 97.5 cm³/mol. The van der Waals surface area contributed by atoms with Gasteiger partial charge >= 0.3 is 0 Å². The van der Waals surface area contributed by atoms with Crippen molar-refractivity contribution in [2.75, 3.05) is 20.3 Å². The zero-order chi connectivity index (χ0) is 18.1. The van der Waals surface area contributed by atoms with Crippen LogP contribution < -0.4 is 4.74 Å². The van der Waals surface area contributed by atoms with Gasteiger partial charge in [-0.15, -0.1) is 0 Å². The summed E-state index contributed by atoms with van der Waals surface area (Å²) in [5, 5.41) is 0. The zero-order valence-electron chi connectivity index (χ0n) is 15.9. The second kappa shape index (κ2) is 5.56. The quantitative estimate of drug-likeness (QED) is 0.774. The molecule has 4 heteroatoms. The van der Waals surface area contributed by atoms with Gasteiger partial charge in [-0.05, 0) is 61.3 Å². The summed E-state index contributed by atoms with van der Waals surface area (Å²) in [4.78, 5) is 13.6. The van der Waals surface area contributed by atoms with Gasteiger partial charge in [0.25, 0.3) is 0 Å². The minimum atomic E-state index is -0.391. The average molecular weight is 356 g/mol. The number of hydrogen-bond acceptors (Lipinski definition) is 4. The fourth-order valence-corrected chi connectivity index (χ4v) is 6.66. The second-order valence-corrected chi connectivity index (χ2v) is 9.02. The van der Waals surface area contributed by atoms with E-state index in [1.807, 2.05) is 6.07 Å². The predicted octanol–water partition coefficient (Wildman–Crippen LogP) is 3.30. The molecule has 3 aliphatic carbocycles. The molecule has 4 aliphatic rings. The van der Waals surface area contributed by atoms with E-state index < -0.39 is 5.41 Å². The van der Waals surface area contributed by atoms with Crippen LogP contribution in [0.15, 0.2) is 18.2 Å². The maximum Gasteiger partial charge on any atom is 0.144 e. The minimum absolute atomic E-state index is 0.0759. The summed E-state index contributed by atoms with van der Waals surface area (Å²) >= 11 is 0. The monoisotopic (exact) mass is 356 g/mol. The molecule has 2 saturated carbocycles. The van der Waals surface area contributed by atoms with Gasteiger partial charge < -0.3 is 14.2 Å². The normalized spacial score (nSPS) is 43.9. The molecule has 1 heterocycles. The maximum absolute atomic E-state index is 13.6. The van der Waals surface area contributed by atoms with Gasteiger partial charge in [0, 0.05) is 11.8 Å². The fourth-order valence-electron chi connectivity index (χ4n) is 6.66. The summed E-state index contributed by atoms with van der Waals surface area (Å²) in [6.07, 6.45) is 3.94. The van der Waals surface area contributed by atoms with Crippen LogP contribution in [0.1, 0.15) is 44.2 Å². The van der Waals surface area contributed by atoms with E-state index in [1.54, 1.807) is 7.11 Å². The van der Waals surface area contributed by atoms with Crippen molar-refractivity contribution in [1.82, 2.24) is 0 Å². The topological polar surface area (TPSA) is 44.8 Å². The maximum atomic E-state index is 13.6. The Hall–Kier alpha value is -1.39. The number of methoxy groups -OCH3 is 1. The molecule has 1 aliphatic heterocycles. The lowest BCUT2D eigenvalue weighted by molar-refractivity contribution is -0.169. The Morgan fingerprint density at radius 1 is 1.15 bits per heavy atom. The first-order valence-corrected chi connectivity index (χ1v) is 9.92. The second-order valence-electron chi connectivity index (χ2n) is 9.02. The summed E-state index contributed by atoms with van der Waals surface area (Å²) in [5.74, 6) is 2.11. The lowest BCUT2D eigenvalue weighted by Crippen LogP contribution is -2.57. The number of ether oxygens (including phenoxy) is 3. The molecule has 0 spiro atoms. The Morgan fingerprint density at radius 3 is 2.77 bits per heavy atom. The van der Waals surface area contributed by atoms with Crippen molar-refractivity contribution in [2.24, 2.45) is 17.3 Å². The van der Waals surface area contributed by atoms with Gasteiger partial charge in [-0.25, -0.2) is 0 Å². The summed E-state index contributed by atoms with van der Waals surface area (Å²) in [5.41, 5.74) is 2.02. The number of Topliss-reactive ketones (excluding diaryl/α,β-unsaturated/α-hetero) is 1. The van der Waals surface area contributed by atoms with Gasteiger partial charge in [0.15, 0.2) is 0 Å². The minimum Gasteiger partial charge on any atom is -0.497 e. The summed E-state index contributed by atoms with van der Waals surface area (Å²) < 4.78 is 17.6. The van der Waals surface area contributed by atoms with E-state index in [0.717, 1.165) is 25.0 Å². The first kappa shape index (κ1) is 16.8. The molecule has 1 aromatic carbocycles. The van der Waals surface area contributed by atoms with Crippen molar-refractivity contribution in [3.63, 3.8) is 0 Å². The van der Waals surface area contributed by atoms with E-state index in [0.29, 0.717) is 37.3 Å². The molecule has 5 rings (SSSR count). The highest BCUT2D eigenvalue weighted by Gasteiger charge is 2.65. The van der Waals surface area contributed by atoms with Gasteiger partial charge in [-0.3, -0.25) is 4.79 Å². The number of ketones is 1. The molecule has 4 nitrogen and oxygen atoms in total. The van der Waals surface area contributed by atoms with Gasteiger partial charge in [0.2, 0.25) is 0 Å². The van der Waals surface area contributed by atoms with Gasteiger partial charge in [0.05, 0.1) is 37.9 Å². The van der Waals surface area contributed by atoms with Crippen molar-refractivity contribution >= 4 is 5.78 Å². The summed E-state index contributed by atoms with van der Waals surface area (Å²) in [7, 11) is 1.70. The average Bonchev–Trinajstić information content (AvgIpc) is 2.94. The number of benzene rings is 1.